The molecule has 6 atom stereocenters. The Morgan fingerprint density at radius 3 is 2.00 bits per heavy atom. The molecule has 0 aromatic rings. The molecule has 5 heteroatoms. The molecule has 200 valence electrons. The van der Waals surface area contributed by atoms with E-state index in [4.69, 9.17) is 4.74 Å². The summed E-state index contributed by atoms with van der Waals surface area (Å²) in [6, 6.07) is 0. The molecular formula is C31H46O5. The molecule has 3 fully saturated rings. The second-order valence-electron chi connectivity index (χ2n) is 12.8. The van der Waals surface area contributed by atoms with Gasteiger partial charge in [-0.05, 0) is 78.6 Å². The van der Waals surface area contributed by atoms with Crippen LogP contribution in [0, 0.1) is 28.1 Å². The number of carbonyl (C=O) groups excluding carboxylic acids is 3. The van der Waals surface area contributed by atoms with Crippen molar-refractivity contribution in [2.24, 2.45) is 28.1 Å². The molecule has 2 unspecified atom stereocenters. The van der Waals surface area contributed by atoms with E-state index >= 15 is 0 Å². The number of ether oxygens (including phenoxy) is 1. The molecule has 0 amide bonds. The van der Waals surface area contributed by atoms with Gasteiger partial charge < -0.3 is 9.84 Å². The topological polar surface area (TPSA) is 80.7 Å². The molecule has 1 saturated carbocycles. The van der Waals surface area contributed by atoms with Crippen molar-refractivity contribution >= 4 is 17.3 Å². The van der Waals surface area contributed by atoms with E-state index in [2.05, 4.69) is 6.08 Å². The number of hydrogen-bond donors (Lipinski definition) is 1. The van der Waals surface area contributed by atoms with E-state index in [1.54, 1.807) is 0 Å². The second-order valence-corrected chi connectivity index (χ2v) is 12.8. The molecule has 2 bridgehead atoms. The predicted molar refractivity (Wildman–Crippen MR) is 142 cm³/mol. The lowest BCUT2D eigenvalue weighted by molar-refractivity contribution is -0.314. The van der Waals surface area contributed by atoms with Crippen molar-refractivity contribution in [3.63, 3.8) is 0 Å². The summed E-state index contributed by atoms with van der Waals surface area (Å²) >= 11 is 0. The van der Waals surface area contributed by atoms with Crippen molar-refractivity contribution in [3.8, 4) is 0 Å². The Kier molecular flexibility index (Phi) is 7.31. The number of hydrogen-bond acceptors (Lipinski definition) is 5. The molecule has 3 rings (SSSR count). The van der Waals surface area contributed by atoms with Crippen LogP contribution in [0.5, 0.6) is 0 Å². The Balaban J connectivity index is 2.44. The van der Waals surface area contributed by atoms with Crippen LogP contribution < -0.4 is 0 Å². The molecule has 0 radical (unpaired) electrons. The van der Waals surface area contributed by atoms with Gasteiger partial charge in [0.1, 0.15) is 0 Å². The first-order valence-electron chi connectivity index (χ1n) is 13.5. The van der Waals surface area contributed by atoms with Crippen LogP contribution in [0.1, 0.15) is 101 Å². The van der Waals surface area contributed by atoms with E-state index in [1.807, 2.05) is 81.4 Å². The summed E-state index contributed by atoms with van der Waals surface area (Å²) in [6.07, 6.45) is 7.70. The van der Waals surface area contributed by atoms with Crippen LogP contribution in [0.15, 0.2) is 34.9 Å². The Morgan fingerprint density at radius 1 is 0.972 bits per heavy atom. The first kappa shape index (κ1) is 28.7. The fourth-order valence-corrected chi connectivity index (χ4v) is 7.10. The number of ketones is 3. The molecule has 3 aliphatic rings. The van der Waals surface area contributed by atoms with Gasteiger partial charge in [-0.1, -0.05) is 62.6 Å². The first-order chi connectivity index (χ1) is 16.5. The van der Waals surface area contributed by atoms with Gasteiger partial charge in [-0.3, -0.25) is 14.4 Å². The quantitative estimate of drug-likeness (QED) is 0.298. The second kappa shape index (κ2) is 9.16. The third kappa shape index (κ3) is 3.45. The maximum atomic E-state index is 14.7. The van der Waals surface area contributed by atoms with Crippen molar-refractivity contribution in [2.75, 3.05) is 0 Å². The molecular weight excluding hydrogens is 452 g/mol. The highest BCUT2D eigenvalue weighted by Gasteiger charge is 2.94. The van der Waals surface area contributed by atoms with Crippen LogP contribution in [0.4, 0.5) is 0 Å². The van der Waals surface area contributed by atoms with E-state index in [1.165, 1.54) is 0 Å². The van der Waals surface area contributed by atoms with Crippen molar-refractivity contribution in [3.05, 3.63) is 34.9 Å². The minimum Gasteiger partial charge on any atom is -0.363 e. The molecule has 2 aliphatic heterocycles. The fourth-order valence-electron chi connectivity index (χ4n) is 7.10. The minimum atomic E-state index is -2.19. The third-order valence-electron chi connectivity index (χ3n) is 9.47. The lowest BCUT2D eigenvalue weighted by Crippen LogP contribution is -2.78. The van der Waals surface area contributed by atoms with Crippen molar-refractivity contribution in [1.82, 2.24) is 0 Å². The molecule has 36 heavy (non-hydrogen) atoms. The monoisotopic (exact) mass is 498 g/mol. The Bertz CT molecular complexity index is 1050. The van der Waals surface area contributed by atoms with Gasteiger partial charge in [0.15, 0.2) is 28.4 Å². The highest BCUT2D eigenvalue weighted by Crippen LogP contribution is 2.77. The summed E-state index contributed by atoms with van der Waals surface area (Å²) < 4.78 is 6.40. The van der Waals surface area contributed by atoms with Gasteiger partial charge in [0.2, 0.25) is 5.79 Å². The van der Waals surface area contributed by atoms with E-state index in [0.29, 0.717) is 19.3 Å². The number of fused-ring (bicyclic) bond motifs is 1. The van der Waals surface area contributed by atoms with Crippen LogP contribution in [0.3, 0.4) is 0 Å². The van der Waals surface area contributed by atoms with Crippen LogP contribution in [-0.2, 0) is 19.1 Å². The van der Waals surface area contributed by atoms with E-state index < -0.39 is 39.3 Å². The average Bonchev–Trinajstić information content (AvgIpc) is 3.12. The summed E-state index contributed by atoms with van der Waals surface area (Å²) in [5.74, 6) is -4.01. The maximum absolute atomic E-state index is 14.7. The Labute approximate surface area is 217 Å². The largest absolute Gasteiger partial charge is 0.363 e. The molecule has 0 aromatic carbocycles. The van der Waals surface area contributed by atoms with Gasteiger partial charge in [0, 0.05) is 12.3 Å². The van der Waals surface area contributed by atoms with E-state index in [-0.39, 0.29) is 30.3 Å². The first-order valence-corrected chi connectivity index (χ1v) is 13.5. The summed E-state index contributed by atoms with van der Waals surface area (Å²) in [4.78, 5) is 43.6. The maximum Gasteiger partial charge on any atom is 0.201 e. The number of aliphatic hydroxyl groups is 1. The standard InChI is InChI=1S/C31H46O5/c1-11-22(8)24(32)30-26(34)29(17-15-21(6)7)25(33)28(16-14-20(4)5,31(30,35)36-29)18-23(27(30,9)10)13-12-19(2)3/h12,14-15,22-23,35H,11,13,16-18H2,1-10H3/t22?,23-,28+,29+,30+,31?/m0/s1. The predicted octanol–water partition coefficient (Wildman–Crippen LogP) is 6.30. The molecule has 0 spiro atoms. The highest BCUT2D eigenvalue weighted by molar-refractivity contribution is 6.28. The van der Waals surface area contributed by atoms with Gasteiger partial charge in [0.05, 0.1) is 5.41 Å². The summed E-state index contributed by atoms with van der Waals surface area (Å²) in [7, 11) is 0. The van der Waals surface area contributed by atoms with Gasteiger partial charge >= 0.3 is 0 Å². The summed E-state index contributed by atoms with van der Waals surface area (Å²) in [5, 5.41) is 12.7. The zero-order chi connectivity index (χ0) is 27.5. The third-order valence-corrected chi connectivity index (χ3v) is 9.47. The average molecular weight is 499 g/mol. The van der Waals surface area contributed by atoms with Crippen LogP contribution >= 0.6 is 0 Å². The van der Waals surface area contributed by atoms with Crippen molar-refractivity contribution in [2.45, 2.75) is 113 Å². The minimum absolute atomic E-state index is 0.0378. The highest BCUT2D eigenvalue weighted by atomic mass is 16.7. The van der Waals surface area contributed by atoms with Gasteiger partial charge in [-0.15, -0.1) is 0 Å². The van der Waals surface area contributed by atoms with Crippen LogP contribution in [-0.4, -0.2) is 33.8 Å². The molecule has 2 heterocycles. The molecule has 2 saturated heterocycles. The molecule has 5 nitrogen and oxygen atoms in total. The zero-order valence-electron chi connectivity index (χ0n) is 24.0. The number of allylic oxidation sites excluding steroid dienone is 5. The zero-order valence-corrected chi connectivity index (χ0v) is 24.0. The molecule has 1 aliphatic carbocycles. The summed E-state index contributed by atoms with van der Waals surface area (Å²) in [5.41, 5.74) is -2.87. The lowest BCUT2D eigenvalue weighted by Gasteiger charge is -2.63. The van der Waals surface area contributed by atoms with E-state index in [0.717, 1.165) is 16.7 Å². The Hall–Kier alpha value is -1.85. The molecule has 1 N–H and O–H groups in total. The van der Waals surface area contributed by atoms with Crippen LogP contribution in [0.25, 0.3) is 0 Å². The number of Topliss-reactive ketones (excluding diaryl/α,β-unsaturated/α-hetero) is 3. The van der Waals surface area contributed by atoms with Crippen molar-refractivity contribution in [1.29, 1.82) is 0 Å². The van der Waals surface area contributed by atoms with Crippen molar-refractivity contribution < 1.29 is 24.2 Å². The SMILES string of the molecule is CCC(C)C(=O)[C@]12C(=O)[C@]3(CC=C(C)C)OC1(O)[C@](CC=C(C)C)(C[C@H](CC=C(C)C)C2(C)C)C3=O. The van der Waals surface area contributed by atoms with E-state index in [9.17, 15) is 19.5 Å². The van der Waals surface area contributed by atoms with Gasteiger partial charge in [-0.25, -0.2) is 0 Å². The molecule has 0 aromatic heterocycles. The summed E-state index contributed by atoms with van der Waals surface area (Å²) in [6.45, 7) is 19.4. The van der Waals surface area contributed by atoms with Gasteiger partial charge in [-0.2, -0.15) is 0 Å². The number of rotatable bonds is 9. The normalized spacial score (nSPS) is 36.9. The lowest BCUT2D eigenvalue weighted by atomic mass is 9.36. The van der Waals surface area contributed by atoms with Gasteiger partial charge in [0.25, 0.3) is 0 Å². The smallest absolute Gasteiger partial charge is 0.201 e. The van der Waals surface area contributed by atoms with Crippen LogP contribution in [0.2, 0.25) is 0 Å². The number of carbonyl (C=O) groups is 3. The Morgan fingerprint density at radius 2 is 1.50 bits per heavy atom. The fraction of sp³-hybridized carbons (Fsp3) is 0.710.